The Morgan fingerprint density at radius 2 is 1.45 bits per heavy atom. The maximum Gasteiger partial charge on any atom is 0.181 e. The van der Waals surface area contributed by atoms with Crippen molar-refractivity contribution in [3.05, 3.63) is 83.4 Å². The van der Waals surface area contributed by atoms with E-state index >= 15 is 0 Å². The van der Waals surface area contributed by atoms with Gasteiger partial charge in [0.1, 0.15) is 0 Å². The van der Waals surface area contributed by atoms with Gasteiger partial charge in [-0.2, -0.15) is 0 Å². The molecule has 0 heterocycles. The van der Waals surface area contributed by atoms with Gasteiger partial charge in [0.25, 0.3) is 0 Å². The highest BCUT2D eigenvalue weighted by atomic mass is 16.1. The fraction of sp³-hybridized carbons (Fsp3) is 0.105. The Hall–Kier alpha value is -2.41. The maximum atomic E-state index is 12.2. The summed E-state index contributed by atoms with van der Waals surface area (Å²) in [7, 11) is 0. The number of ketones is 1. The number of carbonyl (C=O) groups excluding carboxylic acids is 1. The molecule has 1 heteroatoms. The SMILES string of the molecule is CCC(=Cc1ccccc1)C(=O)C=Cc1ccccc1. The predicted molar refractivity (Wildman–Crippen MR) is 85.2 cm³/mol. The van der Waals surface area contributed by atoms with Crippen molar-refractivity contribution in [1.29, 1.82) is 0 Å². The summed E-state index contributed by atoms with van der Waals surface area (Å²) in [5.74, 6) is 0.0696. The molecular formula is C19H18O. The standard InChI is InChI=1S/C19H18O/c1-2-18(15-17-11-7-4-8-12-17)19(20)14-13-16-9-5-3-6-10-16/h3-15H,2H2,1H3. The fourth-order valence-electron chi connectivity index (χ4n) is 1.94. The first-order valence-electron chi connectivity index (χ1n) is 6.82. The van der Waals surface area contributed by atoms with Crippen LogP contribution in [0.2, 0.25) is 0 Å². The minimum atomic E-state index is 0.0696. The van der Waals surface area contributed by atoms with Crippen LogP contribution in [0.1, 0.15) is 24.5 Å². The van der Waals surface area contributed by atoms with Crippen molar-refractivity contribution in [2.45, 2.75) is 13.3 Å². The van der Waals surface area contributed by atoms with Crippen molar-refractivity contribution in [2.75, 3.05) is 0 Å². The normalized spacial score (nSPS) is 11.8. The molecule has 0 amide bonds. The van der Waals surface area contributed by atoms with Crippen molar-refractivity contribution < 1.29 is 4.79 Å². The van der Waals surface area contributed by atoms with Crippen LogP contribution in [0.25, 0.3) is 12.2 Å². The molecule has 0 aliphatic rings. The van der Waals surface area contributed by atoms with E-state index in [1.807, 2.05) is 79.7 Å². The molecule has 2 aromatic rings. The van der Waals surface area contributed by atoms with Gasteiger partial charge in [0, 0.05) is 0 Å². The Bertz CT molecular complexity index is 607. The number of allylic oxidation sites excluding steroid dienone is 2. The highest BCUT2D eigenvalue weighted by Gasteiger charge is 2.03. The van der Waals surface area contributed by atoms with E-state index in [1.54, 1.807) is 6.08 Å². The van der Waals surface area contributed by atoms with Crippen molar-refractivity contribution in [2.24, 2.45) is 0 Å². The first-order chi connectivity index (χ1) is 9.79. The molecule has 0 saturated carbocycles. The third kappa shape index (κ3) is 4.06. The van der Waals surface area contributed by atoms with E-state index in [4.69, 9.17) is 0 Å². The summed E-state index contributed by atoms with van der Waals surface area (Å²) in [5, 5.41) is 0. The second-order valence-electron chi connectivity index (χ2n) is 4.54. The van der Waals surface area contributed by atoms with E-state index in [2.05, 4.69) is 0 Å². The van der Waals surface area contributed by atoms with Crippen LogP contribution in [0.3, 0.4) is 0 Å². The third-order valence-electron chi connectivity index (χ3n) is 3.06. The number of carbonyl (C=O) groups is 1. The number of benzene rings is 2. The Kier molecular flexibility index (Phi) is 5.08. The Morgan fingerprint density at radius 3 is 2.00 bits per heavy atom. The summed E-state index contributed by atoms with van der Waals surface area (Å²) in [6, 6.07) is 19.8. The number of hydrogen-bond donors (Lipinski definition) is 0. The molecule has 100 valence electrons. The molecule has 2 rings (SSSR count). The lowest BCUT2D eigenvalue weighted by molar-refractivity contribution is -0.111. The number of hydrogen-bond acceptors (Lipinski definition) is 1. The minimum Gasteiger partial charge on any atom is -0.290 e. The number of rotatable bonds is 5. The van der Waals surface area contributed by atoms with Gasteiger partial charge < -0.3 is 0 Å². The summed E-state index contributed by atoms with van der Waals surface area (Å²) in [5.41, 5.74) is 2.92. The Morgan fingerprint density at radius 1 is 0.900 bits per heavy atom. The van der Waals surface area contributed by atoms with Crippen molar-refractivity contribution in [3.63, 3.8) is 0 Å². The predicted octanol–water partition coefficient (Wildman–Crippen LogP) is 4.76. The molecular weight excluding hydrogens is 244 g/mol. The average molecular weight is 262 g/mol. The lowest BCUT2D eigenvalue weighted by Crippen LogP contribution is -1.97. The van der Waals surface area contributed by atoms with Gasteiger partial charge in [-0.15, -0.1) is 0 Å². The molecule has 0 N–H and O–H groups in total. The molecule has 2 aromatic carbocycles. The monoisotopic (exact) mass is 262 g/mol. The van der Waals surface area contributed by atoms with Gasteiger partial charge in [-0.3, -0.25) is 4.79 Å². The molecule has 0 aliphatic heterocycles. The summed E-state index contributed by atoms with van der Waals surface area (Å²) in [4.78, 5) is 12.2. The Labute approximate surface area is 120 Å². The van der Waals surface area contributed by atoms with Crippen LogP contribution in [0.15, 0.2) is 72.3 Å². The van der Waals surface area contributed by atoms with Crippen LogP contribution >= 0.6 is 0 Å². The van der Waals surface area contributed by atoms with Gasteiger partial charge in [-0.25, -0.2) is 0 Å². The molecule has 1 nitrogen and oxygen atoms in total. The molecule has 0 spiro atoms. The van der Waals surface area contributed by atoms with E-state index in [-0.39, 0.29) is 5.78 Å². The first kappa shape index (κ1) is 14.0. The molecule has 0 bridgehead atoms. The zero-order valence-electron chi connectivity index (χ0n) is 11.6. The highest BCUT2D eigenvalue weighted by Crippen LogP contribution is 2.12. The van der Waals surface area contributed by atoms with Crippen LogP contribution in [0, 0.1) is 0 Å². The molecule has 0 saturated heterocycles. The molecule has 0 aliphatic carbocycles. The molecule has 0 fully saturated rings. The zero-order chi connectivity index (χ0) is 14.2. The molecule has 0 unspecified atom stereocenters. The topological polar surface area (TPSA) is 17.1 Å². The van der Waals surface area contributed by atoms with Gasteiger partial charge in [-0.1, -0.05) is 73.7 Å². The van der Waals surface area contributed by atoms with Gasteiger partial charge in [0.05, 0.1) is 0 Å². The quantitative estimate of drug-likeness (QED) is 0.710. The van der Waals surface area contributed by atoms with Gasteiger partial charge in [-0.05, 0) is 35.3 Å². The first-order valence-corrected chi connectivity index (χ1v) is 6.82. The van der Waals surface area contributed by atoms with Crippen LogP contribution in [0.4, 0.5) is 0 Å². The van der Waals surface area contributed by atoms with Crippen molar-refractivity contribution in [1.82, 2.24) is 0 Å². The summed E-state index contributed by atoms with van der Waals surface area (Å²) in [6.45, 7) is 2.00. The van der Waals surface area contributed by atoms with Crippen LogP contribution in [-0.4, -0.2) is 5.78 Å². The molecule has 0 radical (unpaired) electrons. The average Bonchev–Trinajstić information content (AvgIpc) is 2.52. The third-order valence-corrected chi connectivity index (χ3v) is 3.06. The molecule has 20 heavy (non-hydrogen) atoms. The summed E-state index contributed by atoms with van der Waals surface area (Å²) < 4.78 is 0. The van der Waals surface area contributed by atoms with Crippen LogP contribution in [0.5, 0.6) is 0 Å². The van der Waals surface area contributed by atoms with Gasteiger partial charge in [0.2, 0.25) is 0 Å². The summed E-state index contributed by atoms with van der Waals surface area (Å²) in [6.07, 6.45) is 6.19. The van der Waals surface area contributed by atoms with Gasteiger partial charge in [0.15, 0.2) is 5.78 Å². The minimum absolute atomic E-state index is 0.0696. The maximum absolute atomic E-state index is 12.2. The molecule has 0 aromatic heterocycles. The van der Waals surface area contributed by atoms with Crippen molar-refractivity contribution in [3.8, 4) is 0 Å². The largest absolute Gasteiger partial charge is 0.290 e. The Balaban J connectivity index is 2.14. The molecule has 0 atom stereocenters. The fourth-order valence-corrected chi connectivity index (χ4v) is 1.94. The van der Waals surface area contributed by atoms with E-state index in [9.17, 15) is 4.79 Å². The van der Waals surface area contributed by atoms with Crippen LogP contribution < -0.4 is 0 Å². The van der Waals surface area contributed by atoms with Gasteiger partial charge >= 0.3 is 0 Å². The van der Waals surface area contributed by atoms with E-state index in [0.717, 1.165) is 23.1 Å². The highest BCUT2D eigenvalue weighted by molar-refractivity contribution is 6.09. The van der Waals surface area contributed by atoms with E-state index in [1.165, 1.54) is 0 Å². The second kappa shape index (κ2) is 7.25. The van der Waals surface area contributed by atoms with E-state index < -0.39 is 0 Å². The smallest absolute Gasteiger partial charge is 0.181 e. The summed E-state index contributed by atoms with van der Waals surface area (Å²) >= 11 is 0. The van der Waals surface area contributed by atoms with E-state index in [0.29, 0.717) is 0 Å². The van der Waals surface area contributed by atoms with Crippen molar-refractivity contribution >= 4 is 17.9 Å². The lowest BCUT2D eigenvalue weighted by atomic mass is 10.0. The zero-order valence-corrected chi connectivity index (χ0v) is 11.6. The second-order valence-corrected chi connectivity index (χ2v) is 4.54. The van der Waals surface area contributed by atoms with Crippen LogP contribution in [-0.2, 0) is 4.79 Å². The lowest BCUT2D eigenvalue weighted by Gasteiger charge is -2.00.